The molecule has 1 aliphatic rings. The van der Waals surface area contributed by atoms with Crippen molar-refractivity contribution in [1.29, 1.82) is 0 Å². The summed E-state index contributed by atoms with van der Waals surface area (Å²) in [5.74, 6) is -1.00. The Hall–Kier alpha value is -2.89. The molecular weight excluding hydrogens is 296 g/mol. The van der Waals surface area contributed by atoms with Gasteiger partial charge in [0.25, 0.3) is 0 Å². The molecule has 2 aromatic rings. The SMILES string of the molecule is COC(=O)C1=Cc2c(n(C(C)=O)c3ccccc23)CN1C(C)=O. The van der Waals surface area contributed by atoms with Crippen LogP contribution in [0.15, 0.2) is 30.0 Å². The number of rotatable bonds is 1. The van der Waals surface area contributed by atoms with E-state index in [4.69, 9.17) is 4.74 Å². The van der Waals surface area contributed by atoms with Crippen LogP contribution in [0.3, 0.4) is 0 Å². The van der Waals surface area contributed by atoms with Gasteiger partial charge in [-0.25, -0.2) is 4.79 Å². The second kappa shape index (κ2) is 5.39. The van der Waals surface area contributed by atoms with Gasteiger partial charge >= 0.3 is 5.97 Å². The fourth-order valence-electron chi connectivity index (χ4n) is 3.00. The number of carbonyl (C=O) groups is 3. The van der Waals surface area contributed by atoms with Crippen LogP contribution in [0, 0.1) is 0 Å². The number of nitrogens with zero attached hydrogens (tertiary/aromatic N) is 2. The first-order valence-corrected chi connectivity index (χ1v) is 7.17. The summed E-state index contributed by atoms with van der Waals surface area (Å²) < 4.78 is 6.37. The Balaban J connectivity index is 2.34. The Morgan fingerprint density at radius 2 is 1.78 bits per heavy atom. The van der Waals surface area contributed by atoms with E-state index in [-0.39, 0.29) is 24.1 Å². The van der Waals surface area contributed by atoms with Crippen molar-refractivity contribution >= 4 is 34.8 Å². The summed E-state index contributed by atoms with van der Waals surface area (Å²) in [5.41, 5.74) is 2.41. The Labute approximate surface area is 132 Å². The molecule has 1 aromatic heterocycles. The fraction of sp³-hybridized carbons (Fsp3) is 0.235. The van der Waals surface area contributed by atoms with E-state index >= 15 is 0 Å². The predicted octanol–water partition coefficient (Wildman–Crippen LogP) is 2.18. The molecule has 0 saturated heterocycles. The van der Waals surface area contributed by atoms with Crippen LogP contribution in [0.2, 0.25) is 0 Å². The lowest BCUT2D eigenvalue weighted by Gasteiger charge is -2.27. The molecule has 1 aliphatic heterocycles. The van der Waals surface area contributed by atoms with Gasteiger partial charge in [-0.2, -0.15) is 0 Å². The smallest absolute Gasteiger partial charge is 0.354 e. The van der Waals surface area contributed by atoms with E-state index in [9.17, 15) is 14.4 Å². The first kappa shape index (κ1) is 15.0. The Kier molecular flexibility index (Phi) is 3.52. The molecule has 0 atom stereocenters. The molecule has 0 N–H and O–H groups in total. The van der Waals surface area contributed by atoms with Gasteiger partial charge in [0.1, 0.15) is 5.70 Å². The van der Waals surface area contributed by atoms with Gasteiger partial charge in [-0.05, 0) is 12.1 Å². The van der Waals surface area contributed by atoms with E-state index in [1.165, 1.54) is 25.9 Å². The number of esters is 1. The first-order valence-electron chi connectivity index (χ1n) is 7.17. The van der Waals surface area contributed by atoms with Crippen molar-refractivity contribution in [3.05, 3.63) is 41.2 Å². The molecule has 118 valence electrons. The van der Waals surface area contributed by atoms with E-state index < -0.39 is 5.97 Å². The first-order chi connectivity index (χ1) is 11.0. The maximum absolute atomic E-state index is 12.1. The summed E-state index contributed by atoms with van der Waals surface area (Å²) in [6.45, 7) is 3.01. The van der Waals surface area contributed by atoms with Crippen LogP contribution in [0.5, 0.6) is 0 Å². The Bertz CT molecular complexity index is 876. The molecule has 0 aliphatic carbocycles. The minimum absolute atomic E-state index is 0.138. The van der Waals surface area contributed by atoms with E-state index in [1.807, 2.05) is 24.3 Å². The summed E-state index contributed by atoms with van der Waals surface area (Å²) in [5, 5.41) is 0.863. The van der Waals surface area contributed by atoms with E-state index in [2.05, 4.69) is 0 Å². The zero-order valence-corrected chi connectivity index (χ0v) is 13.1. The van der Waals surface area contributed by atoms with Gasteiger partial charge in [-0.15, -0.1) is 0 Å². The number of fused-ring (bicyclic) bond motifs is 3. The van der Waals surface area contributed by atoms with Gasteiger partial charge in [0.15, 0.2) is 0 Å². The number of aromatic nitrogens is 1. The molecule has 0 spiro atoms. The normalized spacial score (nSPS) is 13.5. The largest absolute Gasteiger partial charge is 0.464 e. The van der Waals surface area contributed by atoms with Gasteiger partial charge in [0.2, 0.25) is 11.8 Å². The molecule has 2 heterocycles. The fourth-order valence-corrected chi connectivity index (χ4v) is 3.00. The zero-order chi connectivity index (χ0) is 16.7. The second-order valence-corrected chi connectivity index (χ2v) is 5.36. The molecule has 23 heavy (non-hydrogen) atoms. The highest BCUT2D eigenvalue weighted by Crippen LogP contribution is 2.34. The number of hydrogen-bond acceptors (Lipinski definition) is 4. The summed E-state index contributed by atoms with van der Waals surface area (Å²) in [6, 6.07) is 7.46. The molecule has 6 heteroatoms. The van der Waals surface area contributed by atoms with Crippen molar-refractivity contribution in [2.75, 3.05) is 7.11 Å². The van der Waals surface area contributed by atoms with Gasteiger partial charge in [0.05, 0.1) is 24.9 Å². The molecule has 1 amide bonds. The van der Waals surface area contributed by atoms with Crippen molar-refractivity contribution in [1.82, 2.24) is 9.47 Å². The van der Waals surface area contributed by atoms with Crippen molar-refractivity contribution < 1.29 is 19.1 Å². The van der Waals surface area contributed by atoms with Crippen LogP contribution >= 0.6 is 0 Å². The van der Waals surface area contributed by atoms with Crippen LogP contribution in [0.1, 0.15) is 29.9 Å². The topological polar surface area (TPSA) is 68.6 Å². The molecule has 0 fully saturated rings. The molecule has 0 bridgehead atoms. The minimum Gasteiger partial charge on any atom is -0.464 e. The van der Waals surface area contributed by atoms with Gasteiger partial charge in [0, 0.05) is 24.8 Å². The lowest BCUT2D eigenvalue weighted by molar-refractivity contribution is -0.141. The van der Waals surface area contributed by atoms with E-state index in [1.54, 1.807) is 10.6 Å². The van der Waals surface area contributed by atoms with E-state index in [0.717, 1.165) is 16.5 Å². The van der Waals surface area contributed by atoms with Crippen LogP contribution in [-0.2, 0) is 20.9 Å². The molecule has 1 aromatic carbocycles. The highest BCUT2D eigenvalue weighted by molar-refractivity contribution is 6.05. The Morgan fingerprint density at radius 3 is 2.39 bits per heavy atom. The number of para-hydroxylation sites is 1. The van der Waals surface area contributed by atoms with Crippen LogP contribution < -0.4 is 0 Å². The number of ether oxygens (including phenoxy) is 1. The second-order valence-electron chi connectivity index (χ2n) is 5.36. The van der Waals surface area contributed by atoms with Crippen LogP contribution in [-0.4, -0.2) is 34.4 Å². The molecule has 3 rings (SSSR count). The standard InChI is InChI=1S/C17H16N2O4/c1-10(20)18-9-16-13(8-15(18)17(22)23-3)12-6-4-5-7-14(12)19(16)11(2)21/h4-8H,9H2,1-3H3. The zero-order valence-electron chi connectivity index (χ0n) is 13.1. The van der Waals surface area contributed by atoms with Gasteiger partial charge in [-0.3, -0.25) is 14.2 Å². The molecule has 0 radical (unpaired) electrons. The van der Waals surface area contributed by atoms with Crippen LogP contribution in [0.4, 0.5) is 0 Å². The van der Waals surface area contributed by atoms with Crippen molar-refractivity contribution in [3.63, 3.8) is 0 Å². The monoisotopic (exact) mass is 312 g/mol. The van der Waals surface area contributed by atoms with Crippen molar-refractivity contribution in [2.24, 2.45) is 0 Å². The molecule has 0 saturated carbocycles. The number of benzene rings is 1. The third-order valence-electron chi connectivity index (χ3n) is 3.99. The summed E-state index contributed by atoms with van der Waals surface area (Å²) in [7, 11) is 1.27. The quantitative estimate of drug-likeness (QED) is 0.757. The average molecular weight is 312 g/mol. The molecule has 6 nitrogen and oxygen atoms in total. The maximum atomic E-state index is 12.1. The molecular formula is C17H16N2O4. The van der Waals surface area contributed by atoms with Gasteiger partial charge in [-0.1, -0.05) is 18.2 Å². The number of carbonyl (C=O) groups excluding carboxylic acids is 3. The minimum atomic E-state index is -0.578. The third kappa shape index (κ3) is 2.23. The Morgan fingerprint density at radius 1 is 1.09 bits per heavy atom. The number of amides is 1. The summed E-state index contributed by atoms with van der Waals surface area (Å²) >= 11 is 0. The van der Waals surface area contributed by atoms with Crippen molar-refractivity contribution in [2.45, 2.75) is 20.4 Å². The average Bonchev–Trinajstić information content (AvgIpc) is 2.86. The number of hydrogen-bond donors (Lipinski definition) is 0. The summed E-state index contributed by atoms with van der Waals surface area (Å²) in [4.78, 5) is 37.3. The maximum Gasteiger partial charge on any atom is 0.354 e. The van der Waals surface area contributed by atoms with Gasteiger partial charge < -0.3 is 9.64 Å². The lowest BCUT2D eigenvalue weighted by Crippen LogP contribution is -2.35. The van der Waals surface area contributed by atoms with E-state index in [0.29, 0.717) is 5.69 Å². The third-order valence-corrected chi connectivity index (χ3v) is 3.99. The highest BCUT2D eigenvalue weighted by Gasteiger charge is 2.31. The number of methoxy groups -OCH3 is 1. The lowest BCUT2D eigenvalue weighted by atomic mass is 10.0. The highest BCUT2D eigenvalue weighted by atomic mass is 16.5. The van der Waals surface area contributed by atoms with Crippen molar-refractivity contribution in [3.8, 4) is 0 Å². The summed E-state index contributed by atoms with van der Waals surface area (Å²) in [6.07, 6.45) is 1.62. The van der Waals surface area contributed by atoms with Crippen LogP contribution in [0.25, 0.3) is 17.0 Å². The molecule has 0 unspecified atom stereocenters. The predicted molar refractivity (Wildman–Crippen MR) is 84.5 cm³/mol.